The monoisotopic (exact) mass is 340 g/mol. The molecule has 1 aliphatic heterocycles. The molecule has 23 heavy (non-hydrogen) atoms. The average molecular weight is 341 g/mol. The number of carbonyl (C=O) groups is 1. The van der Waals surface area contributed by atoms with Crippen molar-refractivity contribution >= 4 is 18.3 Å². The van der Waals surface area contributed by atoms with Gasteiger partial charge in [0, 0.05) is 19.5 Å². The van der Waals surface area contributed by atoms with Gasteiger partial charge < -0.3 is 15.0 Å². The Morgan fingerprint density at radius 3 is 2.87 bits per heavy atom. The van der Waals surface area contributed by atoms with Gasteiger partial charge in [-0.3, -0.25) is 4.79 Å². The van der Waals surface area contributed by atoms with E-state index in [0.717, 1.165) is 38.2 Å². The largest absolute Gasteiger partial charge is 0.496 e. The Hall–Kier alpha value is -1.26. The van der Waals surface area contributed by atoms with E-state index in [1.165, 1.54) is 5.56 Å². The first-order valence-electron chi connectivity index (χ1n) is 8.18. The summed E-state index contributed by atoms with van der Waals surface area (Å²) in [6.07, 6.45) is 2.61. The molecule has 130 valence electrons. The molecule has 1 aliphatic rings. The number of hydrogen-bond donors (Lipinski definition) is 1. The number of nitrogens with one attached hydrogen (secondary N) is 1. The van der Waals surface area contributed by atoms with Gasteiger partial charge in [0.2, 0.25) is 5.91 Å². The maximum absolute atomic E-state index is 12.4. The third-order valence-electron chi connectivity index (χ3n) is 4.42. The summed E-state index contributed by atoms with van der Waals surface area (Å²) in [6.45, 7) is 4.96. The summed E-state index contributed by atoms with van der Waals surface area (Å²) in [5.74, 6) is 2.14. The fraction of sp³-hybridized carbons (Fsp3) is 0.611. The van der Waals surface area contributed by atoms with E-state index >= 15 is 0 Å². The van der Waals surface area contributed by atoms with Crippen LogP contribution in [-0.2, 0) is 11.2 Å². The van der Waals surface area contributed by atoms with Gasteiger partial charge in [-0.1, -0.05) is 25.1 Å². The van der Waals surface area contributed by atoms with Gasteiger partial charge in [-0.15, -0.1) is 12.4 Å². The van der Waals surface area contributed by atoms with Crippen LogP contribution in [-0.4, -0.2) is 44.6 Å². The predicted octanol–water partition coefficient (Wildman–Crippen LogP) is 2.75. The number of ether oxygens (including phenoxy) is 1. The zero-order valence-corrected chi connectivity index (χ0v) is 15.2. The van der Waals surface area contributed by atoms with Crippen LogP contribution in [0.25, 0.3) is 0 Å². The highest BCUT2D eigenvalue weighted by Crippen LogP contribution is 2.23. The lowest BCUT2D eigenvalue weighted by Gasteiger charge is -2.20. The first-order chi connectivity index (χ1) is 10.6. The van der Waals surface area contributed by atoms with Crippen LogP contribution in [0.4, 0.5) is 0 Å². The fourth-order valence-electron chi connectivity index (χ4n) is 3.26. The number of hydrogen-bond acceptors (Lipinski definition) is 3. The number of methoxy groups -OCH3 is 1. The van der Waals surface area contributed by atoms with Gasteiger partial charge in [0.05, 0.1) is 7.11 Å². The zero-order chi connectivity index (χ0) is 15.9. The number of nitrogens with zero attached hydrogens (tertiary/aromatic N) is 1. The van der Waals surface area contributed by atoms with Gasteiger partial charge in [0.25, 0.3) is 0 Å². The van der Waals surface area contributed by atoms with E-state index in [1.807, 2.05) is 30.1 Å². The number of para-hydroxylation sites is 1. The van der Waals surface area contributed by atoms with Crippen molar-refractivity contribution in [3.05, 3.63) is 29.8 Å². The molecule has 0 bridgehead atoms. The van der Waals surface area contributed by atoms with Crippen molar-refractivity contribution in [2.24, 2.45) is 11.8 Å². The van der Waals surface area contributed by atoms with Crippen molar-refractivity contribution in [3.63, 3.8) is 0 Å². The smallest absolute Gasteiger partial charge is 0.222 e. The summed E-state index contributed by atoms with van der Waals surface area (Å²) in [4.78, 5) is 14.5. The Morgan fingerprint density at radius 1 is 1.43 bits per heavy atom. The Labute approximate surface area is 146 Å². The Balaban J connectivity index is 0.00000264. The van der Waals surface area contributed by atoms with Gasteiger partial charge in [-0.2, -0.15) is 0 Å². The van der Waals surface area contributed by atoms with Crippen molar-refractivity contribution in [3.8, 4) is 5.75 Å². The number of halogens is 1. The highest BCUT2D eigenvalue weighted by atomic mass is 35.5. The maximum atomic E-state index is 12.4. The van der Waals surface area contributed by atoms with E-state index in [4.69, 9.17) is 4.74 Å². The molecule has 2 rings (SSSR count). The van der Waals surface area contributed by atoms with Crippen LogP contribution >= 0.6 is 12.4 Å². The van der Waals surface area contributed by atoms with Crippen LogP contribution in [0.5, 0.6) is 5.75 Å². The second-order valence-electron chi connectivity index (χ2n) is 6.38. The fourth-order valence-corrected chi connectivity index (χ4v) is 3.26. The molecule has 0 saturated carbocycles. The summed E-state index contributed by atoms with van der Waals surface area (Å²) in [6, 6.07) is 8.06. The van der Waals surface area contributed by atoms with Crippen LogP contribution in [0.1, 0.15) is 25.3 Å². The van der Waals surface area contributed by atoms with E-state index in [1.54, 1.807) is 7.11 Å². The summed E-state index contributed by atoms with van der Waals surface area (Å²) in [7, 11) is 3.67. The number of rotatable bonds is 7. The molecule has 1 saturated heterocycles. The quantitative estimate of drug-likeness (QED) is 0.829. The van der Waals surface area contributed by atoms with E-state index < -0.39 is 0 Å². The minimum atomic E-state index is 0. The lowest BCUT2D eigenvalue weighted by atomic mass is 9.97. The van der Waals surface area contributed by atoms with E-state index in [-0.39, 0.29) is 12.4 Å². The summed E-state index contributed by atoms with van der Waals surface area (Å²) >= 11 is 0. The molecule has 1 fully saturated rings. The van der Waals surface area contributed by atoms with Gasteiger partial charge in [0.1, 0.15) is 5.75 Å². The number of likely N-dealkylation sites (tertiary alicyclic amines) is 1. The van der Waals surface area contributed by atoms with Crippen molar-refractivity contribution in [2.75, 3.05) is 33.8 Å². The Kier molecular flexibility index (Phi) is 8.42. The highest BCUT2D eigenvalue weighted by molar-refractivity contribution is 5.85. The first kappa shape index (κ1) is 19.8. The van der Waals surface area contributed by atoms with E-state index in [9.17, 15) is 4.79 Å². The molecule has 5 heteroatoms. The Morgan fingerprint density at radius 2 is 2.17 bits per heavy atom. The SMILES string of the molecule is CNCC1CCN(C(=O)CC(C)Cc2ccccc2OC)C1.Cl. The lowest BCUT2D eigenvalue weighted by Crippen LogP contribution is -2.31. The van der Waals surface area contributed by atoms with Crippen molar-refractivity contribution in [1.29, 1.82) is 0 Å². The molecule has 0 spiro atoms. The molecular formula is C18H29ClN2O2. The van der Waals surface area contributed by atoms with Gasteiger partial charge in [-0.25, -0.2) is 0 Å². The summed E-state index contributed by atoms with van der Waals surface area (Å²) in [5, 5.41) is 3.20. The number of benzene rings is 1. The minimum absolute atomic E-state index is 0. The molecule has 2 unspecified atom stereocenters. The lowest BCUT2D eigenvalue weighted by molar-refractivity contribution is -0.131. The molecule has 1 aromatic rings. The molecule has 4 nitrogen and oxygen atoms in total. The van der Waals surface area contributed by atoms with Crippen molar-refractivity contribution < 1.29 is 9.53 Å². The molecule has 1 N–H and O–H groups in total. The molecule has 2 atom stereocenters. The molecule has 1 amide bonds. The third kappa shape index (κ3) is 5.70. The van der Waals surface area contributed by atoms with Crippen LogP contribution in [0.2, 0.25) is 0 Å². The molecule has 0 aliphatic carbocycles. The molecular weight excluding hydrogens is 312 g/mol. The van der Waals surface area contributed by atoms with E-state index in [2.05, 4.69) is 18.3 Å². The first-order valence-corrected chi connectivity index (χ1v) is 8.18. The predicted molar refractivity (Wildman–Crippen MR) is 96.3 cm³/mol. The molecule has 1 heterocycles. The van der Waals surface area contributed by atoms with Crippen LogP contribution < -0.4 is 10.1 Å². The summed E-state index contributed by atoms with van der Waals surface area (Å²) in [5.41, 5.74) is 1.18. The average Bonchev–Trinajstić information content (AvgIpc) is 2.97. The van der Waals surface area contributed by atoms with Crippen LogP contribution in [0, 0.1) is 11.8 Å². The van der Waals surface area contributed by atoms with Gasteiger partial charge in [-0.05, 0) is 49.9 Å². The normalized spacial score (nSPS) is 18.4. The zero-order valence-electron chi connectivity index (χ0n) is 14.4. The second kappa shape index (κ2) is 9.78. The van der Waals surface area contributed by atoms with Crippen LogP contribution in [0.15, 0.2) is 24.3 Å². The summed E-state index contributed by atoms with van der Waals surface area (Å²) < 4.78 is 5.39. The molecule has 0 radical (unpaired) electrons. The van der Waals surface area contributed by atoms with Gasteiger partial charge >= 0.3 is 0 Å². The molecule has 0 aromatic heterocycles. The Bertz CT molecular complexity index is 496. The van der Waals surface area contributed by atoms with Crippen LogP contribution in [0.3, 0.4) is 0 Å². The minimum Gasteiger partial charge on any atom is -0.496 e. The second-order valence-corrected chi connectivity index (χ2v) is 6.38. The number of carbonyl (C=O) groups excluding carboxylic acids is 1. The number of amides is 1. The topological polar surface area (TPSA) is 41.6 Å². The maximum Gasteiger partial charge on any atom is 0.222 e. The third-order valence-corrected chi connectivity index (χ3v) is 4.42. The van der Waals surface area contributed by atoms with Gasteiger partial charge in [0.15, 0.2) is 0 Å². The standard InChI is InChI=1S/C18H28N2O2.ClH/c1-14(10-16-6-4-5-7-17(16)22-3)11-18(21)20-9-8-15(13-20)12-19-2;/h4-7,14-15,19H,8-13H2,1-3H3;1H. The highest BCUT2D eigenvalue weighted by Gasteiger charge is 2.26. The van der Waals surface area contributed by atoms with Crippen molar-refractivity contribution in [1.82, 2.24) is 10.2 Å². The van der Waals surface area contributed by atoms with E-state index in [0.29, 0.717) is 24.2 Å². The molecule has 1 aromatic carbocycles. The van der Waals surface area contributed by atoms with Crippen molar-refractivity contribution in [2.45, 2.75) is 26.2 Å².